The highest BCUT2D eigenvalue weighted by Gasteiger charge is 2.17. The van der Waals surface area contributed by atoms with Crippen LogP contribution in [0.2, 0.25) is 0 Å². The molecule has 7 heteroatoms. The molecule has 144 valence electrons. The molecule has 0 unspecified atom stereocenters. The van der Waals surface area contributed by atoms with Crippen molar-refractivity contribution in [3.63, 3.8) is 0 Å². The summed E-state index contributed by atoms with van der Waals surface area (Å²) < 4.78 is 1.34. The van der Waals surface area contributed by atoms with Gasteiger partial charge in [-0.25, -0.2) is 9.97 Å². The van der Waals surface area contributed by atoms with Crippen molar-refractivity contribution < 1.29 is 4.79 Å². The molecule has 3 rings (SSSR count). The van der Waals surface area contributed by atoms with E-state index in [0.717, 1.165) is 5.56 Å². The van der Waals surface area contributed by atoms with Crippen LogP contribution in [0.3, 0.4) is 0 Å². The highest BCUT2D eigenvalue weighted by atomic mass is 16.2. The Kier molecular flexibility index (Phi) is 5.63. The van der Waals surface area contributed by atoms with Crippen LogP contribution >= 0.6 is 0 Å². The van der Waals surface area contributed by atoms with Gasteiger partial charge in [0.05, 0.1) is 6.20 Å². The molecular formula is C21H23N5O2. The predicted octanol–water partition coefficient (Wildman–Crippen LogP) is 3.08. The lowest BCUT2D eigenvalue weighted by Gasteiger charge is -2.14. The number of hydrogen-bond acceptors (Lipinski definition) is 5. The van der Waals surface area contributed by atoms with Gasteiger partial charge in [-0.05, 0) is 37.5 Å². The van der Waals surface area contributed by atoms with Crippen LogP contribution in [0.25, 0.3) is 11.5 Å². The molecule has 2 heterocycles. The van der Waals surface area contributed by atoms with Gasteiger partial charge in [-0.3, -0.25) is 19.1 Å². The van der Waals surface area contributed by atoms with Crippen molar-refractivity contribution in [2.24, 2.45) is 0 Å². The number of aryl methyl sites for hydroxylation is 1. The number of rotatable bonds is 5. The first-order valence-electron chi connectivity index (χ1n) is 9.11. The van der Waals surface area contributed by atoms with E-state index in [1.165, 1.54) is 17.0 Å². The van der Waals surface area contributed by atoms with Crippen molar-refractivity contribution in [3.8, 4) is 11.5 Å². The molecule has 1 N–H and O–H groups in total. The fraction of sp³-hybridized carbons (Fsp3) is 0.286. The molecule has 3 aromatic rings. The van der Waals surface area contributed by atoms with Gasteiger partial charge >= 0.3 is 0 Å². The fourth-order valence-electron chi connectivity index (χ4n) is 2.83. The third-order valence-electron chi connectivity index (χ3n) is 4.57. The summed E-state index contributed by atoms with van der Waals surface area (Å²) in [5.41, 5.74) is 3.11. The summed E-state index contributed by atoms with van der Waals surface area (Å²) in [6.45, 7) is 7.48. The van der Waals surface area contributed by atoms with Gasteiger partial charge in [-0.1, -0.05) is 26.0 Å². The van der Waals surface area contributed by atoms with E-state index < -0.39 is 0 Å². The van der Waals surface area contributed by atoms with E-state index >= 15 is 0 Å². The maximum Gasteiger partial charge on any atom is 0.257 e. The molecule has 1 aromatic carbocycles. The smallest absolute Gasteiger partial charge is 0.257 e. The van der Waals surface area contributed by atoms with Crippen LogP contribution in [-0.2, 0) is 11.3 Å². The molecule has 0 aliphatic heterocycles. The number of nitrogens with zero attached hydrogens (tertiary/aromatic N) is 4. The van der Waals surface area contributed by atoms with Crippen molar-refractivity contribution in [2.45, 2.75) is 40.2 Å². The quantitative estimate of drug-likeness (QED) is 0.738. The standard InChI is InChI=1S/C21H23N5O2/c1-13(2)16-6-5-7-17(10-16)25-19(27)12-26-20(18-11-22-8-9-23-18)24-15(4)14(3)21(26)28/h5-11,13H,12H2,1-4H3,(H,25,27). The molecule has 0 radical (unpaired) electrons. The Morgan fingerprint density at radius 3 is 2.68 bits per heavy atom. The Labute approximate surface area is 163 Å². The molecule has 0 atom stereocenters. The van der Waals surface area contributed by atoms with Crippen molar-refractivity contribution in [1.29, 1.82) is 0 Å². The van der Waals surface area contributed by atoms with E-state index in [-0.39, 0.29) is 18.0 Å². The zero-order valence-electron chi connectivity index (χ0n) is 16.4. The second-order valence-corrected chi connectivity index (χ2v) is 6.96. The summed E-state index contributed by atoms with van der Waals surface area (Å²) in [6.07, 6.45) is 4.59. The van der Waals surface area contributed by atoms with Crippen LogP contribution in [0.1, 0.15) is 36.6 Å². The Morgan fingerprint density at radius 1 is 1.21 bits per heavy atom. The number of benzene rings is 1. The number of carbonyl (C=O) groups is 1. The van der Waals surface area contributed by atoms with Crippen molar-refractivity contribution in [1.82, 2.24) is 19.5 Å². The molecule has 2 aromatic heterocycles. The molecule has 0 saturated heterocycles. The molecule has 0 bridgehead atoms. The molecule has 0 spiro atoms. The highest BCUT2D eigenvalue weighted by molar-refractivity contribution is 5.90. The Morgan fingerprint density at radius 2 is 2.00 bits per heavy atom. The summed E-state index contributed by atoms with van der Waals surface area (Å²) in [6, 6.07) is 7.69. The second-order valence-electron chi connectivity index (χ2n) is 6.96. The summed E-state index contributed by atoms with van der Waals surface area (Å²) in [5, 5.41) is 2.86. The maximum absolute atomic E-state index is 12.8. The minimum atomic E-state index is -0.307. The van der Waals surface area contributed by atoms with E-state index in [4.69, 9.17) is 0 Å². The molecule has 0 aliphatic rings. The van der Waals surface area contributed by atoms with Gasteiger partial charge in [0.2, 0.25) is 5.91 Å². The predicted molar refractivity (Wildman–Crippen MR) is 108 cm³/mol. The molecule has 1 amide bonds. The monoisotopic (exact) mass is 377 g/mol. The average molecular weight is 377 g/mol. The minimum Gasteiger partial charge on any atom is -0.325 e. The van der Waals surface area contributed by atoms with E-state index in [1.807, 2.05) is 24.3 Å². The zero-order chi connectivity index (χ0) is 20.3. The lowest BCUT2D eigenvalue weighted by atomic mass is 10.0. The lowest BCUT2D eigenvalue weighted by Crippen LogP contribution is -2.32. The largest absolute Gasteiger partial charge is 0.325 e. The summed E-state index contributed by atoms with van der Waals surface area (Å²) in [7, 11) is 0. The molecule has 7 nitrogen and oxygen atoms in total. The first-order valence-corrected chi connectivity index (χ1v) is 9.11. The van der Waals surface area contributed by atoms with E-state index in [9.17, 15) is 9.59 Å². The van der Waals surface area contributed by atoms with Gasteiger partial charge in [0.1, 0.15) is 12.2 Å². The average Bonchev–Trinajstić information content (AvgIpc) is 2.69. The van der Waals surface area contributed by atoms with Crippen molar-refractivity contribution in [2.75, 3.05) is 5.32 Å². The molecule has 0 saturated carbocycles. The van der Waals surface area contributed by atoms with Crippen LogP contribution in [-0.4, -0.2) is 25.4 Å². The first kappa shape index (κ1) is 19.4. The minimum absolute atomic E-state index is 0.162. The summed E-state index contributed by atoms with van der Waals surface area (Å²) in [4.78, 5) is 38.2. The van der Waals surface area contributed by atoms with E-state index in [0.29, 0.717) is 34.4 Å². The van der Waals surface area contributed by atoms with Crippen LogP contribution < -0.4 is 10.9 Å². The van der Waals surface area contributed by atoms with Crippen LogP contribution in [0.15, 0.2) is 47.7 Å². The number of nitrogens with one attached hydrogen (secondary N) is 1. The first-order chi connectivity index (χ1) is 13.4. The normalized spacial score (nSPS) is 10.9. The van der Waals surface area contributed by atoms with Gasteiger partial charge in [0.25, 0.3) is 5.56 Å². The fourth-order valence-corrected chi connectivity index (χ4v) is 2.83. The van der Waals surface area contributed by atoms with Crippen LogP contribution in [0, 0.1) is 13.8 Å². The van der Waals surface area contributed by atoms with E-state index in [1.54, 1.807) is 20.0 Å². The Bertz CT molecular complexity index is 1060. The molecular weight excluding hydrogens is 354 g/mol. The number of amides is 1. The Balaban J connectivity index is 1.93. The van der Waals surface area contributed by atoms with Crippen LogP contribution in [0.5, 0.6) is 0 Å². The number of carbonyl (C=O) groups excluding carboxylic acids is 1. The maximum atomic E-state index is 12.8. The van der Waals surface area contributed by atoms with Gasteiger partial charge in [-0.2, -0.15) is 0 Å². The summed E-state index contributed by atoms with van der Waals surface area (Å²) in [5.74, 6) is 0.372. The summed E-state index contributed by atoms with van der Waals surface area (Å²) >= 11 is 0. The molecule has 0 aliphatic carbocycles. The van der Waals surface area contributed by atoms with Gasteiger partial charge in [-0.15, -0.1) is 0 Å². The SMILES string of the molecule is Cc1nc(-c2cnccn2)n(CC(=O)Nc2cccc(C(C)C)c2)c(=O)c1C. The van der Waals surface area contributed by atoms with Gasteiger partial charge < -0.3 is 5.32 Å². The highest BCUT2D eigenvalue weighted by Crippen LogP contribution is 2.19. The van der Waals surface area contributed by atoms with E-state index in [2.05, 4.69) is 34.1 Å². The number of anilines is 1. The van der Waals surface area contributed by atoms with Crippen LogP contribution in [0.4, 0.5) is 5.69 Å². The second kappa shape index (κ2) is 8.12. The third kappa shape index (κ3) is 4.14. The van der Waals surface area contributed by atoms with Crippen molar-refractivity contribution in [3.05, 3.63) is 70.0 Å². The number of hydrogen-bond donors (Lipinski definition) is 1. The Hall–Kier alpha value is -3.35. The zero-order valence-corrected chi connectivity index (χ0v) is 16.4. The van der Waals surface area contributed by atoms with Gasteiger partial charge in [0.15, 0.2) is 5.82 Å². The molecule has 0 fully saturated rings. The topological polar surface area (TPSA) is 89.8 Å². The van der Waals surface area contributed by atoms with Gasteiger partial charge in [0, 0.05) is 29.3 Å². The van der Waals surface area contributed by atoms with Crippen molar-refractivity contribution >= 4 is 11.6 Å². The third-order valence-corrected chi connectivity index (χ3v) is 4.57. The lowest BCUT2D eigenvalue weighted by molar-refractivity contribution is -0.116. The molecule has 28 heavy (non-hydrogen) atoms. The number of aromatic nitrogens is 4.